The summed E-state index contributed by atoms with van der Waals surface area (Å²) in [6.07, 6.45) is 2.72. The van der Waals surface area contributed by atoms with E-state index in [1.165, 1.54) is 24.1 Å². The lowest BCUT2D eigenvalue weighted by atomic mass is 9.94. The van der Waals surface area contributed by atoms with Crippen LogP contribution in [-0.2, 0) is 0 Å². The lowest BCUT2D eigenvalue weighted by Gasteiger charge is -2.42. The molecule has 1 aliphatic carbocycles. The van der Waals surface area contributed by atoms with Crippen LogP contribution in [0.5, 0.6) is 0 Å². The van der Waals surface area contributed by atoms with Crippen LogP contribution >= 0.6 is 15.9 Å². The summed E-state index contributed by atoms with van der Waals surface area (Å²) in [5.74, 6) is 0.796. The van der Waals surface area contributed by atoms with Crippen molar-refractivity contribution >= 4 is 21.6 Å². The minimum Gasteiger partial charge on any atom is -0.362 e. The standard InChI is InChI=1S/C20H23BrN2/c1-22-12-13-23(17-10-8-16(21)9-11-17)20(14-22)19-5-3-2-4-18(19)15-6-7-15/h2-5,8-11,15,20H,6-7,12-14H2,1H3. The van der Waals surface area contributed by atoms with E-state index in [1.54, 1.807) is 5.56 Å². The van der Waals surface area contributed by atoms with E-state index in [0.29, 0.717) is 6.04 Å². The molecule has 4 rings (SSSR count). The number of halogens is 1. The smallest absolute Gasteiger partial charge is 0.0672 e. The van der Waals surface area contributed by atoms with Gasteiger partial charge < -0.3 is 9.80 Å². The highest BCUT2D eigenvalue weighted by atomic mass is 79.9. The highest BCUT2D eigenvalue weighted by molar-refractivity contribution is 9.10. The van der Waals surface area contributed by atoms with Gasteiger partial charge in [-0.15, -0.1) is 0 Å². The SMILES string of the molecule is CN1CCN(c2ccc(Br)cc2)C(c2ccccc2C2CC2)C1. The van der Waals surface area contributed by atoms with E-state index < -0.39 is 0 Å². The van der Waals surface area contributed by atoms with Crippen molar-refractivity contribution in [1.82, 2.24) is 4.90 Å². The van der Waals surface area contributed by atoms with Crippen LogP contribution in [0.15, 0.2) is 53.0 Å². The number of anilines is 1. The first kappa shape index (κ1) is 15.2. The zero-order valence-corrected chi connectivity index (χ0v) is 15.2. The Morgan fingerprint density at radius 1 is 0.913 bits per heavy atom. The largest absolute Gasteiger partial charge is 0.362 e. The summed E-state index contributed by atoms with van der Waals surface area (Å²) in [5.41, 5.74) is 4.44. The van der Waals surface area contributed by atoms with Crippen LogP contribution in [0.25, 0.3) is 0 Å². The van der Waals surface area contributed by atoms with Gasteiger partial charge in [0.05, 0.1) is 6.04 Å². The predicted molar refractivity (Wildman–Crippen MR) is 100 cm³/mol. The molecule has 120 valence electrons. The number of likely N-dealkylation sites (N-methyl/N-ethyl adjacent to an activating group) is 1. The number of hydrogen-bond acceptors (Lipinski definition) is 2. The molecule has 0 aromatic heterocycles. The molecule has 2 aliphatic rings. The first-order valence-corrected chi connectivity index (χ1v) is 9.31. The molecule has 2 nitrogen and oxygen atoms in total. The third-order valence-electron chi connectivity index (χ3n) is 5.11. The van der Waals surface area contributed by atoms with Gasteiger partial charge in [0.1, 0.15) is 0 Å². The minimum absolute atomic E-state index is 0.451. The fourth-order valence-electron chi connectivity index (χ4n) is 3.71. The molecule has 23 heavy (non-hydrogen) atoms. The molecule has 0 spiro atoms. The molecule has 0 amide bonds. The van der Waals surface area contributed by atoms with Crippen molar-refractivity contribution in [2.45, 2.75) is 24.8 Å². The Bertz CT molecular complexity index is 678. The van der Waals surface area contributed by atoms with Crippen LogP contribution < -0.4 is 4.90 Å². The number of rotatable bonds is 3. The Morgan fingerprint density at radius 3 is 2.30 bits per heavy atom. The third kappa shape index (κ3) is 3.17. The molecule has 2 aromatic rings. The van der Waals surface area contributed by atoms with Crippen LogP contribution in [-0.4, -0.2) is 31.6 Å². The summed E-state index contributed by atoms with van der Waals surface area (Å²) in [7, 11) is 2.24. The summed E-state index contributed by atoms with van der Waals surface area (Å²) in [5, 5.41) is 0. The van der Waals surface area contributed by atoms with Gasteiger partial charge in [0.25, 0.3) is 0 Å². The highest BCUT2D eigenvalue weighted by Gasteiger charge is 2.32. The molecule has 2 aromatic carbocycles. The van der Waals surface area contributed by atoms with Crippen molar-refractivity contribution in [2.75, 3.05) is 31.6 Å². The quantitative estimate of drug-likeness (QED) is 0.763. The fourth-order valence-corrected chi connectivity index (χ4v) is 3.97. The van der Waals surface area contributed by atoms with E-state index in [-0.39, 0.29) is 0 Å². The van der Waals surface area contributed by atoms with Gasteiger partial charge in [-0.1, -0.05) is 40.2 Å². The van der Waals surface area contributed by atoms with E-state index >= 15 is 0 Å². The first-order chi connectivity index (χ1) is 11.2. The zero-order chi connectivity index (χ0) is 15.8. The number of piperazine rings is 1. The molecule has 1 aliphatic heterocycles. The second-order valence-corrected chi connectivity index (χ2v) is 7.77. The van der Waals surface area contributed by atoms with Crippen LogP contribution in [0, 0.1) is 0 Å². The molecule has 0 radical (unpaired) electrons. The van der Waals surface area contributed by atoms with Crippen molar-refractivity contribution in [3.05, 3.63) is 64.1 Å². The Kier molecular flexibility index (Phi) is 4.16. The third-order valence-corrected chi connectivity index (χ3v) is 5.64. The van der Waals surface area contributed by atoms with Gasteiger partial charge in [-0.25, -0.2) is 0 Å². The summed E-state index contributed by atoms with van der Waals surface area (Å²) in [6.45, 7) is 3.31. The van der Waals surface area contributed by atoms with Gasteiger partial charge in [0.2, 0.25) is 0 Å². The molecule has 0 N–H and O–H groups in total. The molecule has 3 heteroatoms. The van der Waals surface area contributed by atoms with Crippen LogP contribution in [0.2, 0.25) is 0 Å². The minimum atomic E-state index is 0.451. The molecular formula is C20H23BrN2. The predicted octanol–water partition coefficient (Wildman–Crippen LogP) is 4.82. The Balaban J connectivity index is 1.72. The molecule has 1 unspecified atom stereocenters. The summed E-state index contributed by atoms with van der Waals surface area (Å²) >= 11 is 3.55. The van der Waals surface area contributed by atoms with E-state index in [2.05, 4.69) is 81.3 Å². The van der Waals surface area contributed by atoms with E-state index in [0.717, 1.165) is 30.0 Å². The molecule has 0 bridgehead atoms. The summed E-state index contributed by atoms with van der Waals surface area (Å²) in [4.78, 5) is 5.05. The molecule has 1 saturated carbocycles. The second kappa shape index (κ2) is 6.29. The Hall–Kier alpha value is -1.32. The molecule has 2 fully saturated rings. The average molecular weight is 371 g/mol. The van der Waals surface area contributed by atoms with Gasteiger partial charge in [-0.3, -0.25) is 0 Å². The Morgan fingerprint density at radius 2 is 1.61 bits per heavy atom. The summed E-state index contributed by atoms with van der Waals surface area (Å²) in [6, 6.07) is 18.3. The topological polar surface area (TPSA) is 6.48 Å². The van der Waals surface area contributed by atoms with Gasteiger partial charge in [-0.2, -0.15) is 0 Å². The molecule has 1 atom stereocenters. The van der Waals surface area contributed by atoms with Crippen molar-refractivity contribution in [2.24, 2.45) is 0 Å². The van der Waals surface area contributed by atoms with Crippen molar-refractivity contribution in [3.63, 3.8) is 0 Å². The maximum absolute atomic E-state index is 3.55. The lowest BCUT2D eigenvalue weighted by molar-refractivity contribution is 0.268. The van der Waals surface area contributed by atoms with Gasteiger partial charge in [0.15, 0.2) is 0 Å². The second-order valence-electron chi connectivity index (χ2n) is 6.85. The highest BCUT2D eigenvalue weighted by Crippen LogP contribution is 2.44. The Labute approximate surface area is 147 Å². The monoisotopic (exact) mass is 370 g/mol. The number of benzene rings is 2. The van der Waals surface area contributed by atoms with Crippen LogP contribution in [0.3, 0.4) is 0 Å². The molecule has 1 saturated heterocycles. The number of nitrogens with zero attached hydrogens (tertiary/aromatic N) is 2. The average Bonchev–Trinajstić information content (AvgIpc) is 3.41. The van der Waals surface area contributed by atoms with Crippen molar-refractivity contribution < 1.29 is 0 Å². The van der Waals surface area contributed by atoms with Crippen molar-refractivity contribution in [3.8, 4) is 0 Å². The van der Waals surface area contributed by atoms with Crippen LogP contribution in [0.1, 0.15) is 35.9 Å². The number of hydrogen-bond donors (Lipinski definition) is 0. The maximum Gasteiger partial charge on any atom is 0.0672 e. The van der Waals surface area contributed by atoms with Gasteiger partial charge >= 0.3 is 0 Å². The zero-order valence-electron chi connectivity index (χ0n) is 13.6. The van der Waals surface area contributed by atoms with Gasteiger partial charge in [0, 0.05) is 29.8 Å². The fraction of sp³-hybridized carbons (Fsp3) is 0.400. The first-order valence-electron chi connectivity index (χ1n) is 8.52. The maximum atomic E-state index is 3.55. The van der Waals surface area contributed by atoms with E-state index in [1.807, 2.05) is 0 Å². The van der Waals surface area contributed by atoms with Crippen LogP contribution in [0.4, 0.5) is 5.69 Å². The van der Waals surface area contributed by atoms with Crippen molar-refractivity contribution in [1.29, 1.82) is 0 Å². The normalized spacial score (nSPS) is 22.3. The van der Waals surface area contributed by atoms with E-state index in [9.17, 15) is 0 Å². The van der Waals surface area contributed by atoms with E-state index in [4.69, 9.17) is 0 Å². The lowest BCUT2D eigenvalue weighted by Crippen LogP contribution is -2.47. The molecule has 1 heterocycles. The molecular weight excluding hydrogens is 348 g/mol. The van der Waals surface area contributed by atoms with Gasteiger partial charge in [-0.05, 0) is 61.2 Å². The summed E-state index contributed by atoms with van der Waals surface area (Å²) < 4.78 is 1.14.